The normalized spacial score (nSPS) is 22.1. The summed E-state index contributed by atoms with van der Waals surface area (Å²) in [6.45, 7) is 0.203. The van der Waals surface area contributed by atoms with Gasteiger partial charge in [0.05, 0.1) is 23.9 Å². The van der Waals surface area contributed by atoms with E-state index in [0.717, 1.165) is 12.0 Å². The molecule has 2 aliphatic heterocycles. The van der Waals surface area contributed by atoms with Gasteiger partial charge in [-0.2, -0.15) is 4.98 Å². The van der Waals surface area contributed by atoms with Gasteiger partial charge in [-0.05, 0) is 24.3 Å². The van der Waals surface area contributed by atoms with E-state index in [0.29, 0.717) is 28.9 Å². The highest BCUT2D eigenvalue weighted by molar-refractivity contribution is 5.97. The lowest BCUT2D eigenvalue weighted by atomic mass is 9.87. The molecule has 0 spiro atoms. The molecule has 30 heavy (non-hydrogen) atoms. The molecule has 156 valence electrons. The third-order valence-electron chi connectivity index (χ3n) is 6.13. The van der Waals surface area contributed by atoms with Crippen molar-refractivity contribution in [2.75, 3.05) is 6.61 Å². The molecule has 2 amide bonds. The number of benzene rings is 1. The van der Waals surface area contributed by atoms with E-state index in [2.05, 4.69) is 15.5 Å². The fourth-order valence-corrected chi connectivity index (χ4v) is 4.59. The summed E-state index contributed by atoms with van der Waals surface area (Å²) < 4.78 is 10.7. The van der Waals surface area contributed by atoms with E-state index in [1.165, 1.54) is 37.0 Å². The second-order valence-corrected chi connectivity index (χ2v) is 8.13. The Morgan fingerprint density at radius 2 is 1.90 bits per heavy atom. The molecule has 1 aliphatic carbocycles. The van der Waals surface area contributed by atoms with Gasteiger partial charge in [-0.25, -0.2) is 9.59 Å². The van der Waals surface area contributed by atoms with Gasteiger partial charge >= 0.3 is 12.0 Å². The first-order valence-electron chi connectivity index (χ1n) is 10.5. The Labute approximate surface area is 174 Å². The van der Waals surface area contributed by atoms with Crippen LogP contribution in [0.15, 0.2) is 46.1 Å². The van der Waals surface area contributed by atoms with Gasteiger partial charge in [-0.15, -0.1) is 0 Å². The molecule has 8 nitrogen and oxygen atoms in total. The van der Waals surface area contributed by atoms with E-state index in [1.807, 2.05) is 30.3 Å². The van der Waals surface area contributed by atoms with Crippen molar-refractivity contribution in [1.29, 1.82) is 0 Å². The predicted octanol–water partition coefficient (Wildman–Crippen LogP) is 3.27. The molecule has 1 N–H and O–H groups in total. The molecule has 1 saturated carbocycles. The van der Waals surface area contributed by atoms with Crippen LogP contribution in [-0.4, -0.2) is 33.6 Å². The molecule has 1 fully saturated rings. The van der Waals surface area contributed by atoms with Crippen LogP contribution in [0.25, 0.3) is 0 Å². The number of urea groups is 1. The lowest BCUT2D eigenvalue weighted by Gasteiger charge is -2.32. The number of rotatable bonds is 5. The molecular formula is C22H24N4O4. The summed E-state index contributed by atoms with van der Waals surface area (Å²) in [7, 11) is 0. The quantitative estimate of drug-likeness (QED) is 0.763. The van der Waals surface area contributed by atoms with E-state index >= 15 is 0 Å². The Hall–Kier alpha value is -3.16. The number of ether oxygens (including phenoxy) is 1. The fourth-order valence-electron chi connectivity index (χ4n) is 4.59. The van der Waals surface area contributed by atoms with Gasteiger partial charge in [0.2, 0.25) is 5.89 Å². The Kier molecular flexibility index (Phi) is 4.98. The number of carbonyl (C=O) groups excluding carboxylic acids is 2. The average molecular weight is 408 g/mol. The molecule has 8 heteroatoms. The van der Waals surface area contributed by atoms with E-state index in [4.69, 9.17) is 9.26 Å². The van der Waals surface area contributed by atoms with Crippen LogP contribution in [0.2, 0.25) is 0 Å². The third-order valence-corrected chi connectivity index (χ3v) is 6.13. The number of nitrogens with zero attached hydrogens (tertiary/aromatic N) is 3. The van der Waals surface area contributed by atoms with Gasteiger partial charge < -0.3 is 14.6 Å². The summed E-state index contributed by atoms with van der Waals surface area (Å²) in [4.78, 5) is 31.3. The van der Waals surface area contributed by atoms with Crippen molar-refractivity contribution in [2.45, 2.75) is 51.1 Å². The lowest BCUT2D eigenvalue weighted by molar-refractivity contribution is -0.136. The highest BCUT2D eigenvalue weighted by atomic mass is 16.5. The second-order valence-electron chi connectivity index (χ2n) is 8.13. The molecule has 0 radical (unpaired) electrons. The standard InChI is InChI=1S/C22H24N4O4/c27-21-19-16(13-29-21)26(22(28)24-20(19)15-9-5-2-6-10-15)12-17-23-18(30-25-17)11-14-7-3-1-4-8-14/h2,5-6,9-10,14,20H,1,3-4,7-8,11-13H2,(H,24,28)/t20-/m1/s1. The Balaban J connectivity index is 1.36. The minimum Gasteiger partial charge on any atom is -0.456 e. The van der Waals surface area contributed by atoms with Crippen molar-refractivity contribution in [1.82, 2.24) is 20.4 Å². The first kappa shape index (κ1) is 18.8. The first-order chi connectivity index (χ1) is 14.7. The van der Waals surface area contributed by atoms with Gasteiger partial charge in [0.15, 0.2) is 5.82 Å². The minimum atomic E-state index is -0.521. The van der Waals surface area contributed by atoms with Gasteiger partial charge in [0.1, 0.15) is 6.61 Å². The zero-order chi connectivity index (χ0) is 20.5. The average Bonchev–Trinajstić information content (AvgIpc) is 3.38. The van der Waals surface area contributed by atoms with Crippen LogP contribution in [0.4, 0.5) is 4.79 Å². The fraction of sp³-hybridized carbons (Fsp3) is 0.455. The number of aromatic nitrogens is 2. The molecular weight excluding hydrogens is 384 g/mol. The number of hydrogen-bond donors (Lipinski definition) is 1. The maximum absolute atomic E-state index is 12.9. The summed E-state index contributed by atoms with van der Waals surface area (Å²) in [5.41, 5.74) is 1.87. The van der Waals surface area contributed by atoms with Crippen molar-refractivity contribution in [3.63, 3.8) is 0 Å². The summed E-state index contributed by atoms with van der Waals surface area (Å²) >= 11 is 0. The van der Waals surface area contributed by atoms with Gasteiger partial charge in [0, 0.05) is 6.42 Å². The largest absolute Gasteiger partial charge is 0.456 e. The van der Waals surface area contributed by atoms with Crippen molar-refractivity contribution in [3.8, 4) is 0 Å². The Morgan fingerprint density at radius 1 is 1.10 bits per heavy atom. The van der Waals surface area contributed by atoms with E-state index in [9.17, 15) is 9.59 Å². The molecule has 0 saturated heterocycles. The van der Waals surface area contributed by atoms with Crippen LogP contribution >= 0.6 is 0 Å². The zero-order valence-electron chi connectivity index (χ0n) is 16.7. The summed E-state index contributed by atoms with van der Waals surface area (Å²) in [5, 5.41) is 6.98. The van der Waals surface area contributed by atoms with Gasteiger partial charge in [0.25, 0.3) is 0 Å². The third kappa shape index (κ3) is 3.58. The number of amides is 2. The van der Waals surface area contributed by atoms with Crippen LogP contribution in [-0.2, 0) is 22.5 Å². The van der Waals surface area contributed by atoms with Gasteiger partial charge in [-0.1, -0.05) is 54.8 Å². The number of esters is 1. The van der Waals surface area contributed by atoms with Crippen LogP contribution < -0.4 is 5.32 Å². The summed E-state index contributed by atoms with van der Waals surface area (Å²) in [5.74, 6) is 1.23. The Bertz CT molecular complexity index is 978. The maximum atomic E-state index is 12.9. The SMILES string of the molecule is O=C1OCC2=C1[C@@H](c1ccccc1)NC(=O)N2Cc1noc(CC2CCCCC2)n1. The van der Waals surface area contributed by atoms with Crippen LogP contribution in [0.5, 0.6) is 0 Å². The molecule has 3 heterocycles. The monoisotopic (exact) mass is 408 g/mol. The zero-order valence-corrected chi connectivity index (χ0v) is 16.7. The Morgan fingerprint density at radius 3 is 2.70 bits per heavy atom. The van der Waals surface area contributed by atoms with Crippen molar-refractivity contribution >= 4 is 12.0 Å². The molecule has 1 atom stereocenters. The number of nitrogens with one attached hydrogen (secondary N) is 1. The minimum absolute atomic E-state index is 0.0672. The second kappa shape index (κ2) is 7.93. The topological polar surface area (TPSA) is 97.6 Å². The highest BCUT2D eigenvalue weighted by Crippen LogP contribution is 2.35. The van der Waals surface area contributed by atoms with Crippen LogP contribution in [0, 0.1) is 5.92 Å². The van der Waals surface area contributed by atoms with Gasteiger partial charge in [-0.3, -0.25) is 4.90 Å². The highest BCUT2D eigenvalue weighted by Gasteiger charge is 2.42. The van der Waals surface area contributed by atoms with Crippen molar-refractivity contribution < 1.29 is 18.8 Å². The number of cyclic esters (lactones) is 1. The summed E-state index contributed by atoms with van der Waals surface area (Å²) in [6, 6.07) is 8.58. The van der Waals surface area contributed by atoms with E-state index < -0.39 is 12.0 Å². The molecule has 5 rings (SSSR count). The molecule has 1 aromatic heterocycles. The van der Waals surface area contributed by atoms with Crippen molar-refractivity contribution in [3.05, 3.63) is 58.9 Å². The summed E-state index contributed by atoms with van der Waals surface area (Å²) in [6.07, 6.45) is 6.99. The van der Waals surface area contributed by atoms with E-state index in [-0.39, 0.29) is 19.2 Å². The molecule has 1 aromatic carbocycles. The first-order valence-corrected chi connectivity index (χ1v) is 10.5. The molecule has 2 aromatic rings. The predicted molar refractivity (Wildman–Crippen MR) is 106 cm³/mol. The van der Waals surface area contributed by atoms with Crippen molar-refractivity contribution in [2.24, 2.45) is 5.92 Å². The molecule has 0 unspecified atom stereocenters. The van der Waals surface area contributed by atoms with Crippen LogP contribution in [0.3, 0.4) is 0 Å². The molecule has 0 bridgehead atoms. The molecule has 3 aliphatic rings. The smallest absolute Gasteiger partial charge is 0.338 e. The van der Waals surface area contributed by atoms with Crippen LogP contribution in [0.1, 0.15) is 55.4 Å². The lowest BCUT2D eigenvalue weighted by Crippen LogP contribution is -2.47. The maximum Gasteiger partial charge on any atom is 0.338 e. The number of hydrogen-bond acceptors (Lipinski definition) is 6. The van der Waals surface area contributed by atoms with E-state index in [1.54, 1.807) is 0 Å². The number of carbonyl (C=O) groups is 2.